The Morgan fingerprint density at radius 1 is 1.00 bits per heavy atom. The molecule has 2 aromatic carbocycles. The molecule has 0 aliphatic carbocycles. The number of carbonyl (C=O) groups excluding carboxylic acids is 1. The number of nitrogens with zero attached hydrogens (tertiary/aromatic N) is 5. The van der Waals surface area contributed by atoms with Gasteiger partial charge in [-0.2, -0.15) is 0 Å². The van der Waals surface area contributed by atoms with E-state index in [4.69, 9.17) is 9.97 Å². The number of hydrogen-bond acceptors (Lipinski definition) is 6. The number of benzene rings is 2. The lowest BCUT2D eigenvalue weighted by molar-refractivity contribution is 0.208. The third-order valence-electron chi connectivity index (χ3n) is 7.59. The predicted octanol–water partition coefficient (Wildman–Crippen LogP) is 5.32. The highest BCUT2D eigenvalue weighted by atomic mass is 32.1. The monoisotopic (exact) mass is 526 g/mol. The van der Waals surface area contributed by atoms with Gasteiger partial charge in [-0.15, -0.1) is 11.3 Å². The van der Waals surface area contributed by atoms with E-state index in [-0.39, 0.29) is 6.03 Å². The van der Waals surface area contributed by atoms with Gasteiger partial charge < -0.3 is 15.1 Å². The van der Waals surface area contributed by atoms with Crippen LogP contribution in [-0.2, 0) is 19.4 Å². The molecule has 7 nitrogen and oxygen atoms in total. The number of thiophene rings is 1. The smallest absolute Gasteiger partial charge is 0.321 e. The van der Waals surface area contributed by atoms with Crippen LogP contribution in [0.1, 0.15) is 34.3 Å². The molecule has 4 aromatic rings. The van der Waals surface area contributed by atoms with Gasteiger partial charge in [0.1, 0.15) is 16.5 Å². The van der Waals surface area contributed by atoms with Crippen molar-refractivity contribution >= 4 is 39.1 Å². The number of rotatable bonds is 5. The van der Waals surface area contributed by atoms with Crippen LogP contribution >= 0.6 is 11.3 Å². The number of anilines is 2. The van der Waals surface area contributed by atoms with E-state index in [1.807, 2.05) is 53.5 Å². The van der Waals surface area contributed by atoms with Crippen LogP contribution in [0.2, 0.25) is 0 Å². The molecule has 0 spiro atoms. The number of urea groups is 1. The first-order valence-corrected chi connectivity index (χ1v) is 14.3. The molecule has 6 rings (SSSR count). The van der Waals surface area contributed by atoms with Gasteiger partial charge in [-0.3, -0.25) is 4.90 Å². The number of nitrogens with one attached hydrogen (secondary N) is 1. The highest BCUT2D eigenvalue weighted by Crippen LogP contribution is 2.39. The van der Waals surface area contributed by atoms with E-state index >= 15 is 0 Å². The quantitative estimate of drug-likeness (QED) is 0.381. The zero-order valence-electron chi connectivity index (χ0n) is 22.1. The molecule has 0 bridgehead atoms. The molecular weight excluding hydrogens is 492 g/mol. The second-order valence-corrected chi connectivity index (χ2v) is 11.3. The number of aromatic nitrogens is 2. The maximum atomic E-state index is 13.0. The number of piperazine rings is 1. The molecule has 38 heavy (non-hydrogen) atoms. The van der Waals surface area contributed by atoms with Crippen molar-refractivity contribution in [2.75, 3.05) is 49.5 Å². The van der Waals surface area contributed by atoms with Crippen LogP contribution in [0.25, 0.3) is 10.2 Å². The number of aryl methyl sites for hydroxylation is 1. The minimum atomic E-state index is -0.0413. The summed E-state index contributed by atoms with van der Waals surface area (Å²) < 4.78 is 0. The predicted molar refractivity (Wildman–Crippen MR) is 155 cm³/mol. The van der Waals surface area contributed by atoms with E-state index in [9.17, 15) is 4.79 Å². The summed E-state index contributed by atoms with van der Waals surface area (Å²) >= 11 is 1.84. The first-order chi connectivity index (χ1) is 18.6. The number of fused-ring (bicyclic) bond motifs is 3. The third-order valence-corrected chi connectivity index (χ3v) is 8.71. The molecule has 0 radical (unpaired) electrons. The maximum absolute atomic E-state index is 13.0. The van der Waals surface area contributed by atoms with Gasteiger partial charge in [-0.1, -0.05) is 49.4 Å². The Balaban J connectivity index is 1.27. The Labute approximate surface area is 228 Å². The Hall–Kier alpha value is -3.49. The average Bonchev–Trinajstić information content (AvgIpc) is 3.30. The third kappa shape index (κ3) is 5.11. The fourth-order valence-corrected chi connectivity index (χ4v) is 6.75. The minimum Gasteiger partial charge on any atom is -0.352 e. The van der Waals surface area contributed by atoms with Crippen molar-refractivity contribution in [3.8, 4) is 0 Å². The summed E-state index contributed by atoms with van der Waals surface area (Å²) in [6.07, 6.45) is 1.75. The van der Waals surface area contributed by atoms with Gasteiger partial charge in [0.2, 0.25) is 0 Å². The van der Waals surface area contributed by atoms with E-state index in [0.29, 0.717) is 19.5 Å². The van der Waals surface area contributed by atoms with E-state index in [2.05, 4.69) is 46.3 Å². The second kappa shape index (κ2) is 10.7. The lowest BCUT2D eigenvalue weighted by Gasteiger charge is -2.36. The molecular formula is C30H34N6OS. The molecule has 1 N–H and O–H groups in total. The van der Waals surface area contributed by atoms with E-state index in [0.717, 1.165) is 66.9 Å². The summed E-state index contributed by atoms with van der Waals surface area (Å²) in [6.45, 7) is 10.2. The fourth-order valence-electron chi connectivity index (χ4n) is 5.47. The topological polar surface area (TPSA) is 64.6 Å². The van der Waals surface area contributed by atoms with Crippen LogP contribution in [0.3, 0.4) is 0 Å². The number of likely N-dealkylation sites (N-methyl/N-ethyl adjacent to an activating group) is 1. The van der Waals surface area contributed by atoms with E-state index < -0.39 is 0 Å². The molecule has 1 saturated heterocycles. The summed E-state index contributed by atoms with van der Waals surface area (Å²) in [6, 6.07) is 18.4. The van der Waals surface area contributed by atoms with E-state index in [1.165, 1.54) is 21.4 Å². The van der Waals surface area contributed by atoms with Gasteiger partial charge >= 0.3 is 6.03 Å². The second-order valence-electron chi connectivity index (χ2n) is 10.2. The van der Waals surface area contributed by atoms with Crippen LogP contribution in [0.5, 0.6) is 0 Å². The first kappa shape index (κ1) is 24.8. The van der Waals surface area contributed by atoms with Crippen LogP contribution in [0.4, 0.5) is 16.3 Å². The molecule has 2 aliphatic rings. The van der Waals surface area contributed by atoms with Crippen molar-refractivity contribution in [3.63, 3.8) is 0 Å². The van der Waals surface area contributed by atoms with Crippen LogP contribution in [0.15, 0.2) is 54.6 Å². The molecule has 0 atom stereocenters. The normalized spacial score (nSPS) is 16.1. The largest absolute Gasteiger partial charge is 0.352 e. The summed E-state index contributed by atoms with van der Waals surface area (Å²) in [4.78, 5) is 32.5. The van der Waals surface area contributed by atoms with Crippen molar-refractivity contribution in [2.24, 2.45) is 0 Å². The van der Waals surface area contributed by atoms with Crippen molar-refractivity contribution in [2.45, 2.75) is 33.2 Å². The van der Waals surface area contributed by atoms with Gasteiger partial charge in [0.15, 0.2) is 0 Å². The summed E-state index contributed by atoms with van der Waals surface area (Å²) in [5, 5.41) is 4.29. The lowest BCUT2D eigenvalue weighted by Crippen LogP contribution is -2.50. The first-order valence-electron chi connectivity index (χ1n) is 13.5. The molecule has 196 valence electrons. The van der Waals surface area contributed by atoms with Gasteiger partial charge in [0.25, 0.3) is 0 Å². The van der Waals surface area contributed by atoms with Gasteiger partial charge in [0, 0.05) is 56.3 Å². The van der Waals surface area contributed by atoms with Gasteiger partial charge in [-0.05, 0) is 48.7 Å². The van der Waals surface area contributed by atoms with Crippen LogP contribution in [0, 0.1) is 6.92 Å². The van der Waals surface area contributed by atoms with Crippen molar-refractivity contribution in [3.05, 3.63) is 82.0 Å². The SMILES string of the molecule is CCN1CCc2c(sc3nc(Cc4ccccc4)nc(N4CCN(C(=O)Nc5cccc(C)c5)CC4)c23)C1. The maximum Gasteiger partial charge on any atom is 0.321 e. The van der Waals surface area contributed by atoms with E-state index in [1.54, 1.807) is 0 Å². The van der Waals surface area contributed by atoms with Crippen LogP contribution in [-0.4, -0.2) is 65.1 Å². The Morgan fingerprint density at radius 2 is 1.82 bits per heavy atom. The standard InChI is InChI=1S/C30H34N6OS/c1-3-34-13-12-24-25(20-34)38-29-27(24)28(32-26(33-29)19-22-9-5-4-6-10-22)35-14-16-36(17-15-35)30(37)31-23-11-7-8-21(2)18-23/h4-11,18H,3,12-17,19-20H2,1-2H3,(H,31,37). The summed E-state index contributed by atoms with van der Waals surface area (Å²) in [7, 11) is 0. The van der Waals surface area contributed by atoms with Crippen LogP contribution < -0.4 is 10.2 Å². The van der Waals surface area contributed by atoms with Crippen molar-refractivity contribution < 1.29 is 4.79 Å². The molecule has 0 saturated carbocycles. The number of amides is 2. The molecule has 1 fully saturated rings. The molecule has 2 amide bonds. The highest BCUT2D eigenvalue weighted by molar-refractivity contribution is 7.19. The van der Waals surface area contributed by atoms with Gasteiger partial charge in [-0.25, -0.2) is 14.8 Å². The highest BCUT2D eigenvalue weighted by Gasteiger charge is 2.28. The lowest BCUT2D eigenvalue weighted by atomic mass is 10.0. The Kier molecular flexibility index (Phi) is 7.00. The minimum absolute atomic E-state index is 0.0413. The fraction of sp³-hybridized carbons (Fsp3) is 0.367. The molecule has 2 aliphatic heterocycles. The molecule has 2 aromatic heterocycles. The molecule has 8 heteroatoms. The van der Waals surface area contributed by atoms with Crippen molar-refractivity contribution in [1.82, 2.24) is 19.8 Å². The Bertz CT molecular complexity index is 1440. The Morgan fingerprint density at radius 3 is 2.58 bits per heavy atom. The molecule has 4 heterocycles. The zero-order chi connectivity index (χ0) is 26.1. The van der Waals surface area contributed by atoms with Crippen molar-refractivity contribution in [1.29, 1.82) is 0 Å². The molecule has 0 unspecified atom stereocenters. The van der Waals surface area contributed by atoms with Gasteiger partial charge in [0.05, 0.1) is 5.39 Å². The average molecular weight is 527 g/mol. The summed E-state index contributed by atoms with van der Waals surface area (Å²) in [5.41, 5.74) is 4.61. The number of hydrogen-bond donors (Lipinski definition) is 1. The summed E-state index contributed by atoms with van der Waals surface area (Å²) in [5.74, 6) is 1.91. The zero-order valence-corrected chi connectivity index (χ0v) is 22.9. The number of carbonyl (C=O) groups is 1.